The summed E-state index contributed by atoms with van der Waals surface area (Å²) < 4.78 is 14.9. The highest BCUT2D eigenvalue weighted by atomic mass is 32.1. The first kappa shape index (κ1) is 19.8. The van der Waals surface area contributed by atoms with Crippen molar-refractivity contribution in [3.63, 3.8) is 0 Å². The predicted octanol–water partition coefficient (Wildman–Crippen LogP) is 2.49. The van der Waals surface area contributed by atoms with Crippen LogP contribution in [0.5, 0.6) is 0 Å². The molecule has 9 heteroatoms. The highest BCUT2D eigenvalue weighted by molar-refractivity contribution is 7.20. The third-order valence-electron chi connectivity index (χ3n) is 5.38. The van der Waals surface area contributed by atoms with Crippen LogP contribution in [0.25, 0.3) is 16.2 Å². The second kappa shape index (κ2) is 8.46. The zero-order valence-electron chi connectivity index (χ0n) is 16.6. The van der Waals surface area contributed by atoms with Crippen LogP contribution in [0.3, 0.4) is 0 Å². The van der Waals surface area contributed by atoms with Gasteiger partial charge in [-0.15, -0.1) is 5.10 Å². The van der Waals surface area contributed by atoms with Crippen LogP contribution in [0.2, 0.25) is 0 Å². The number of carbonyl (C=O) groups is 1. The van der Waals surface area contributed by atoms with E-state index in [0.29, 0.717) is 12.5 Å². The minimum absolute atomic E-state index is 0.0757. The van der Waals surface area contributed by atoms with Gasteiger partial charge in [0.05, 0.1) is 18.4 Å². The van der Waals surface area contributed by atoms with Gasteiger partial charge >= 0.3 is 0 Å². The standard InChI is InChI=1S/C20H25FN6OS/c1-22-18(28)13-26-9-7-14(8-10-26)11-25(2)20-24-27-12-17(23-19(27)29-20)15-3-5-16(21)6-4-15/h3-6,12,14H,7-11,13H2,1-2H3,(H,22,28). The molecule has 1 aromatic carbocycles. The number of amides is 1. The molecule has 0 unspecified atom stereocenters. The van der Waals surface area contributed by atoms with Crippen LogP contribution in [0, 0.1) is 11.7 Å². The van der Waals surface area contributed by atoms with Crippen LogP contribution >= 0.6 is 11.3 Å². The Labute approximate surface area is 173 Å². The fourth-order valence-electron chi connectivity index (χ4n) is 3.68. The SMILES string of the molecule is CNC(=O)CN1CCC(CN(C)c2nn3cc(-c4ccc(F)cc4)nc3s2)CC1. The molecule has 0 atom stereocenters. The van der Waals surface area contributed by atoms with Crippen molar-refractivity contribution in [2.45, 2.75) is 12.8 Å². The molecule has 1 N–H and O–H groups in total. The minimum atomic E-state index is -0.253. The molecule has 1 saturated heterocycles. The van der Waals surface area contributed by atoms with Crippen LogP contribution in [-0.2, 0) is 4.79 Å². The summed E-state index contributed by atoms with van der Waals surface area (Å²) in [6, 6.07) is 6.33. The molecule has 3 heterocycles. The third kappa shape index (κ3) is 4.56. The summed E-state index contributed by atoms with van der Waals surface area (Å²) in [5, 5.41) is 8.29. The first-order valence-corrected chi connectivity index (χ1v) is 10.6. The molecule has 7 nitrogen and oxygen atoms in total. The van der Waals surface area contributed by atoms with Gasteiger partial charge in [0.1, 0.15) is 5.82 Å². The number of hydrogen-bond donors (Lipinski definition) is 1. The van der Waals surface area contributed by atoms with Gasteiger partial charge in [0.15, 0.2) is 0 Å². The molecule has 4 rings (SSSR count). The Balaban J connectivity index is 1.36. The largest absolute Gasteiger partial charge is 0.358 e. The van der Waals surface area contributed by atoms with E-state index in [-0.39, 0.29) is 11.7 Å². The van der Waals surface area contributed by atoms with Crippen molar-refractivity contribution in [2.75, 3.05) is 45.2 Å². The summed E-state index contributed by atoms with van der Waals surface area (Å²) in [6.45, 7) is 3.33. The maximum atomic E-state index is 13.1. The highest BCUT2D eigenvalue weighted by Crippen LogP contribution is 2.28. The van der Waals surface area contributed by atoms with Crippen molar-refractivity contribution < 1.29 is 9.18 Å². The second-order valence-electron chi connectivity index (χ2n) is 7.52. The molecule has 29 heavy (non-hydrogen) atoms. The summed E-state index contributed by atoms with van der Waals surface area (Å²) in [4.78, 5) is 21.4. The number of hydrogen-bond acceptors (Lipinski definition) is 6. The van der Waals surface area contributed by atoms with Gasteiger partial charge < -0.3 is 10.2 Å². The summed E-state index contributed by atoms with van der Waals surface area (Å²) >= 11 is 1.55. The summed E-state index contributed by atoms with van der Waals surface area (Å²) in [5.74, 6) is 0.412. The number of likely N-dealkylation sites (tertiary alicyclic amines) is 1. The van der Waals surface area contributed by atoms with E-state index in [4.69, 9.17) is 0 Å². The molecule has 2 aromatic heterocycles. The van der Waals surface area contributed by atoms with Crippen LogP contribution in [0.4, 0.5) is 9.52 Å². The molecule has 1 aliphatic rings. The summed E-state index contributed by atoms with van der Waals surface area (Å²) in [6.07, 6.45) is 4.05. The Morgan fingerprint density at radius 1 is 1.31 bits per heavy atom. The van der Waals surface area contributed by atoms with Gasteiger partial charge in [-0.25, -0.2) is 13.9 Å². The van der Waals surface area contributed by atoms with Crippen LogP contribution in [-0.4, -0.2) is 65.7 Å². The van der Waals surface area contributed by atoms with Crippen LogP contribution < -0.4 is 10.2 Å². The van der Waals surface area contributed by atoms with E-state index >= 15 is 0 Å². The van der Waals surface area contributed by atoms with Crippen molar-refractivity contribution in [1.29, 1.82) is 0 Å². The van der Waals surface area contributed by atoms with Gasteiger partial charge in [0.2, 0.25) is 16.0 Å². The molecule has 1 amide bonds. The number of nitrogens with zero attached hydrogens (tertiary/aromatic N) is 5. The summed E-state index contributed by atoms with van der Waals surface area (Å²) in [5.41, 5.74) is 1.67. The first-order valence-electron chi connectivity index (χ1n) is 9.78. The Morgan fingerprint density at radius 2 is 2.03 bits per heavy atom. The number of rotatable bonds is 6. The average Bonchev–Trinajstić information content (AvgIpc) is 3.29. The van der Waals surface area contributed by atoms with E-state index in [1.165, 1.54) is 12.1 Å². The van der Waals surface area contributed by atoms with Gasteiger partial charge in [0, 0.05) is 26.2 Å². The third-order valence-corrected chi connectivity index (χ3v) is 6.42. The molecule has 0 spiro atoms. The zero-order valence-corrected chi connectivity index (χ0v) is 17.5. The van der Waals surface area contributed by atoms with Crippen molar-refractivity contribution in [3.05, 3.63) is 36.3 Å². The highest BCUT2D eigenvalue weighted by Gasteiger charge is 2.23. The Kier molecular flexibility index (Phi) is 5.77. The lowest BCUT2D eigenvalue weighted by atomic mass is 9.96. The Morgan fingerprint density at radius 3 is 2.69 bits per heavy atom. The Hall–Kier alpha value is -2.52. The van der Waals surface area contributed by atoms with Gasteiger partial charge in [-0.05, 0) is 56.1 Å². The normalized spacial score (nSPS) is 15.7. The van der Waals surface area contributed by atoms with Gasteiger partial charge in [0.25, 0.3) is 0 Å². The van der Waals surface area contributed by atoms with Gasteiger partial charge in [-0.2, -0.15) is 0 Å². The molecule has 154 valence electrons. The lowest BCUT2D eigenvalue weighted by Crippen LogP contribution is -2.42. The lowest BCUT2D eigenvalue weighted by molar-refractivity contribution is -0.122. The number of piperidine rings is 1. The maximum absolute atomic E-state index is 13.1. The fraction of sp³-hybridized carbons (Fsp3) is 0.450. The van der Waals surface area contributed by atoms with Crippen LogP contribution in [0.1, 0.15) is 12.8 Å². The second-order valence-corrected chi connectivity index (χ2v) is 8.45. The smallest absolute Gasteiger partial charge is 0.233 e. The molecule has 0 saturated carbocycles. The van der Waals surface area contributed by atoms with Crippen molar-refractivity contribution >= 4 is 27.3 Å². The van der Waals surface area contributed by atoms with Crippen molar-refractivity contribution in [3.8, 4) is 11.3 Å². The monoisotopic (exact) mass is 416 g/mol. The molecular weight excluding hydrogens is 391 g/mol. The number of carbonyl (C=O) groups excluding carboxylic acids is 1. The number of benzene rings is 1. The van der Waals surface area contributed by atoms with E-state index in [9.17, 15) is 9.18 Å². The molecular formula is C20H25FN6OS. The lowest BCUT2D eigenvalue weighted by Gasteiger charge is -2.33. The van der Waals surface area contributed by atoms with Gasteiger partial charge in [-0.3, -0.25) is 9.69 Å². The number of fused-ring (bicyclic) bond motifs is 1. The predicted molar refractivity (Wildman–Crippen MR) is 113 cm³/mol. The topological polar surface area (TPSA) is 65.8 Å². The van der Waals surface area contributed by atoms with Crippen molar-refractivity contribution in [2.24, 2.45) is 5.92 Å². The van der Waals surface area contributed by atoms with E-state index in [1.54, 1.807) is 35.0 Å². The molecule has 0 aliphatic carbocycles. The van der Waals surface area contributed by atoms with Crippen molar-refractivity contribution in [1.82, 2.24) is 24.8 Å². The molecule has 1 fully saturated rings. The Bertz CT molecular complexity index is 945. The first-order chi connectivity index (χ1) is 14.0. The molecule has 1 aliphatic heterocycles. The fourth-order valence-corrected chi connectivity index (χ4v) is 4.53. The van der Waals surface area contributed by atoms with E-state index in [0.717, 1.165) is 53.8 Å². The van der Waals surface area contributed by atoms with Gasteiger partial charge in [-0.1, -0.05) is 11.3 Å². The number of imidazole rings is 1. The van der Waals surface area contributed by atoms with Crippen LogP contribution in [0.15, 0.2) is 30.5 Å². The molecule has 0 bridgehead atoms. The van der Waals surface area contributed by atoms with E-state index < -0.39 is 0 Å². The summed E-state index contributed by atoms with van der Waals surface area (Å²) in [7, 11) is 3.74. The van der Waals surface area contributed by atoms with E-state index in [1.807, 2.05) is 6.20 Å². The number of likely N-dealkylation sites (N-methyl/N-ethyl adjacent to an activating group) is 1. The minimum Gasteiger partial charge on any atom is -0.358 e. The number of anilines is 1. The van der Waals surface area contributed by atoms with E-state index in [2.05, 4.69) is 32.2 Å². The number of nitrogens with one attached hydrogen (secondary N) is 1. The average molecular weight is 417 g/mol. The quantitative estimate of drug-likeness (QED) is 0.669. The molecule has 0 radical (unpaired) electrons. The zero-order chi connectivity index (χ0) is 20.4. The number of halogens is 1. The molecule has 3 aromatic rings. The number of aromatic nitrogens is 3. The maximum Gasteiger partial charge on any atom is 0.233 e.